The second kappa shape index (κ2) is 8.19. The maximum Gasteiger partial charge on any atom is 0.306 e. The van der Waals surface area contributed by atoms with Gasteiger partial charge in [0.15, 0.2) is 0 Å². The zero-order valence-electron chi connectivity index (χ0n) is 15.7. The molecule has 2 rings (SSSR count). The van der Waals surface area contributed by atoms with Crippen LogP contribution >= 0.6 is 0 Å². The standard InChI is InChI=1S/C19H32N2O4/c1-19(2,3)18(25)20-11-13-5-4-10-21(12-13)16(22)14-6-8-15(9-7-14)17(23)24/h13-15H,4-12H2,1-3H3,(H,20,25)(H,23,24). The molecule has 142 valence electrons. The summed E-state index contributed by atoms with van der Waals surface area (Å²) < 4.78 is 0. The second-order valence-electron chi connectivity index (χ2n) is 8.64. The van der Waals surface area contributed by atoms with Crippen molar-refractivity contribution in [3.05, 3.63) is 0 Å². The third-order valence-corrected chi connectivity index (χ3v) is 5.49. The van der Waals surface area contributed by atoms with E-state index in [2.05, 4.69) is 5.32 Å². The lowest BCUT2D eigenvalue weighted by Crippen LogP contribution is -2.47. The molecule has 2 amide bonds. The number of amides is 2. The molecule has 0 aromatic carbocycles. The lowest BCUT2D eigenvalue weighted by molar-refractivity contribution is -0.146. The van der Waals surface area contributed by atoms with Gasteiger partial charge in [0.05, 0.1) is 5.92 Å². The number of carboxylic acids is 1. The number of piperidine rings is 1. The van der Waals surface area contributed by atoms with Crippen molar-refractivity contribution in [3.8, 4) is 0 Å². The molecule has 0 aromatic rings. The third-order valence-electron chi connectivity index (χ3n) is 5.49. The van der Waals surface area contributed by atoms with Gasteiger partial charge in [-0.3, -0.25) is 14.4 Å². The second-order valence-corrected chi connectivity index (χ2v) is 8.64. The number of carbonyl (C=O) groups excluding carboxylic acids is 2. The van der Waals surface area contributed by atoms with Gasteiger partial charge in [0.25, 0.3) is 0 Å². The molecular weight excluding hydrogens is 320 g/mol. The summed E-state index contributed by atoms with van der Waals surface area (Å²) in [4.78, 5) is 37.8. The summed E-state index contributed by atoms with van der Waals surface area (Å²) in [7, 11) is 0. The Morgan fingerprint density at radius 2 is 1.64 bits per heavy atom. The molecule has 1 heterocycles. The number of likely N-dealkylation sites (tertiary alicyclic amines) is 1. The van der Waals surface area contributed by atoms with Gasteiger partial charge >= 0.3 is 5.97 Å². The molecule has 0 bridgehead atoms. The highest BCUT2D eigenvalue weighted by atomic mass is 16.4. The predicted molar refractivity (Wildman–Crippen MR) is 94.9 cm³/mol. The summed E-state index contributed by atoms with van der Waals surface area (Å²) in [5.74, 6) is -0.527. The Bertz CT molecular complexity index is 504. The highest BCUT2D eigenvalue weighted by Crippen LogP contribution is 2.31. The third kappa shape index (κ3) is 5.44. The van der Waals surface area contributed by atoms with Crippen molar-refractivity contribution in [1.29, 1.82) is 0 Å². The van der Waals surface area contributed by atoms with Crippen molar-refractivity contribution in [2.45, 2.75) is 59.3 Å². The van der Waals surface area contributed by atoms with Gasteiger partial charge in [-0.1, -0.05) is 20.8 Å². The van der Waals surface area contributed by atoms with Gasteiger partial charge in [-0.2, -0.15) is 0 Å². The van der Waals surface area contributed by atoms with Gasteiger partial charge in [-0.05, 0) is 44.4 Å². The molecule has 0 spiro atoms. The van der Waals surface area contributed by atoms with Crippen LogP contribution in [0.3, 0.4) is 0 Å². The first-order chi connectivity index (χ1) is 11.7. The molecule has 0 aromatic heterocycles. The molecule has 1 atom stereocenters. The molecule has 2 aliphatic rings. The fraction of sp³-hybridized carbons (Fsp3) is 0.842. The lowest BCUT2D eigenvalue weighted by atomic mass is 9.81. The minimum Gasteiger partial charge on any atom is -0.481 e. The average molecular weight is 352 g/mol. The van der Waals surface area contributed by atoms with E-state index in [1.54, 1.807) is 0 Å². The highest BCUT2D eigenvalue weighted by molar-refractivity contribution is 5.81. The van der Waals surface area contributed by atoms with Gasteiger partial charge in [-0.15, -0.1) is 0 Å². The van der Waals surface area contributed by atoms with Crippen LogP contribution in [0.25, 0.3) is 0 Å². The van der Waals surface area contributed by atoms with Crippen LogP contribution in [-0.2, 0) is 14.4 Å². The quantitative estimate of drug-likeness (QED) is 0.813. The monoisotopic (exact) mass is 352 g/mol. The molecule has 1 unspecified atom stereocenters. The van der Waals surface area contributed by atoms with E-state index in [4.69, 9.17) is 5.11 Å². The smallest absolute Gasteiger partial charge is 0.306 e. The Morgan fingerprint density at radius 1 is 1.04 bits per heavy atom. The van der Waals surface area contributed by atoms with Crippen LogP contribution in [0.15, 0.2) is 0 Å². The van der Waals surface area contributed by atoms with Crippen LogP contribution in [0.2, 0.25) is 0 Å². The van der Waals surface area contributed by atoms with Crippen LogP contribution in [0.4, 0.5) is 0 Å². The first-order valence-corrected chi connectivity index (χ1v) is 9.48. The minimum atomic E-state index is -0.737. The molecule has 2 N–H and O–H groups in total. The lowest BCUT2D eigenvalue weighted by Gasteiger charge is -2.36. The van der Waals surface area contributed by atoms with E-state index in [0.717, 1.165) is 19.4 Å². The van der Waals surface area contributed by atoms with E-state index in [-0.39, 0.29) is 23.7 Å². The molecule has 1 aliphatic heterocycles. The molecule has 0 radical (unpaired) electrons. The highest BCUT2D eigenvalue weighted by Gasteiger charge is 2.34. The molecule has 25 heavy (non-hydrogen) atoms. The van der Waals surface area contributed by atoms with Crippen LogP contribution in [0.5, 0.6) is 0 Å². The van der Waals surface area contributed by atoms with Gasteiger partial charge in [0, 0.05) is 31.0 Å². The fourth-order valence-corrected chi connectivity index (χ4v) is 3.78. The Labute approximate surface area is 150 Å². The van der Waals surface area contributed by atoms with E-state index >= 15 is 0 Å². The zero-order valence-corrected chi connectivity index (χ0v) is 15.7. The Hall–Kier alpha value is -1.59. The number of rotatable bonds is 4. The normalized spacial score (nSPS) is 27.6. The van der Waals surface area contributed by atoms with Crippen molar-refractivity contribution in [2.24, 2.45) is 23.2 Å². The van der Waals surface area contributed by atoms with Gasteiger partial charge in [-0.25, -0.2) is 0 Å². The summed E-state index contributed by atoms with van der Waals surface area (Å²) in [5, 5.41) is 12.1. The molecular formula is C19H32N2O4. The molecule has 1 saturated heterocycles. The average Bonchev–Trinajstić information content (AvgIpc) is 2.58. The molecule has 6 heteroatoms. The Balaban J connectivity index is 1.81. The van der Waals surface area contributed by atoms with Crippen molar-refractivity contribution in [2.75, 3.05) is 19.6 Å². The summed E-state index contributed by atoms with van der Waals surface area (Å²) >= 11 is 0. The maximum absolute atomic E-state index is 12.8. The van der Waals surface area contributed by atoms with E-state index in [9.17, 15) is 14.4 Å². The Morgan fingerprint density at radius 3 is 2.20 bits per heavy atom. The fourth-order valence-electron chi connectivity index (χ4n) is 3.78. The van der Waals surface area contributed by atoms with Gasteiger partial charge in [0.1, 0.15) is 0 Å². The summed E-state index contributed by atoms with van der Waals surface area (Å²) in [6, 6.07) is 0. The van der Waals surface area contributed by atoms with Crippen molar-refractivity contribution in [1.82, 2.24) is 10.2 Å². The Kier molecular flexibility index (Phi) is 6.47. The number of aliphatic carboxylic acids is 1. The molecule has 1 saturated carbocycles. The van der Waals surface area contributed by atoms with E-state index < -0.39 is 11.4 Å². The SMILES string of the molecule is CC(C)(C)C(=O)NCC1CCCN(C(=O)C2CCC(C(=O)O)CC2)C1. The number of nitrogens with zero attached hydrogens (tertiary/aromatic N) is 1. The topological polar surface area (TPSA) is 86.7 Å². The first kappa shape index (κ1) is 19.7. The number of carboxylic acid groups (broad SMARTS) is 1. The van der Waals surface area contributed by atoms with Crippen LogP contribution in [0.1, 0.15) is 59.3 Å². The van der Waals surface area contributed by atoms with Crippen LogP contribution < -0.4 is 5.32 Å². The van der Waals surface area contributed by atoms with Crippen LogP contribution in [-0.4, -0.2) is 47.4 Å². The number of hydrogen-bond acceptors (Lipinski definition) is 3. The maximum atomic E-state index is 12.8. The van der Waals surface area contributed by atoms with E-state index in [1.165, 1.54) is 0 Å². The van der Waals surface area contributed by atoms with Crippen LogP contribution in [0, 0.1) is 23.2 Å². The first-order valence-electron chi connectivity index (χ1n) is 9.48. The largest absolute Gasteiger partial charge is 0.481 e. The van der Waals surface area contributed by atoms with Crippen molar-refractivity contribution in [3.63, 3.8) is 0 Å². The van der Waals surface area contributed by atoms with Gasteiger partial charge in [0.2, 0.25) is 11.8 Å². The van der Waals surface area contributed by atoms with Gasteiger partial charge < -0.3 is 15.3 Å². The zero-order chi connectivity index (χ0) is 18.6. The minimum absolute atomic E-state index is 0.0292. The molecule has 1 aliphatic carbocycles. The number of hydrogen-bond donors (Lipinski definition) is 2. The number of nitrogens with one attached hydrogen (secondary N) is 1. The predicted octanol–water partition coefficient (Wildman–Crippen LogP) is 2.28. The summed E-state index contributed by atoms with van der Waals surface area (Å²) in [6.45, 7) is 7.78. The van der Waals surface area contributed by atoms with Crippen molar-refractivity contribution >= 4 is 17.8 Å². The van der Waals surface area contributed by atoms with E-state index in [1.807, 2.05) is 25.7 Å². The van der Waals surface area contributed by atoms with Crippen molar-refractivity contribution < 1.29 is 19.5 Å². The number of carbonyl (C=O) groups is 3. The summed E-state index contributed by atoms with van der Waals surface area (Å²) in [5.41, 5.74) is -0.396. The molecule has 2 fully saturated rings. The molecule has 6 nitrogen and oxygen atoms in total. The summed E-state index contributed by atoms with van der Waals surface area (Å²) in [6.07, 6.45) is 4.55. The van der Waals surface area contributed by atoms with E-state index in [0.29, 0.717) is 44.7 Å².